The Morgan fingerprint density at radius 3 is 2.38 bits per heavy atom. The van der Waals surface area contributed by atoms with Gasteiger partial charge in [-0.1, -0.05) is 55.5 Å². The second-order valence-electron chi connectivity index (χ2n) is 5.23. The normalized spacial score (nSPS) is 13.7. The average molecular weight is 285 g/mol. The van der Waals surface area contributed by atoms with Gasteiger partial charge in [0.05, 0.1) is 13.2 Å². The molecule has 2 unspecified atom stereocenters. The Morgan fingerprint density at radius 1 is 1.00 bits per heavy atom. The van der Waals surface area contributed by atoms with Crippen LogP contribution in [0.25, 0.3) is 0 Å². The smallest absolute Gasteiger partial charge is 0.124 e. The van der Waals surface area contributed by atoms with Crippen molar-refractivity contribution in [2.24, 2.45) is 0 Å². The van der Waals surface area contributed by atoms with E-state index in [1.54, 1.807) is 7.11 Å². The monoisotopic (exact) mass is 285 g/mol. The van der Waals surface area contributed by atoms with Gasteiger partial charge in [0.1, 0.15) is 5.75 Å². The molecule has 0 fully saturated rings. The first-order valence-electron chi connectivity index (χ1n) is 7.29. The average Bonchev–Trinajstić information content (AvgIpc) is 2.55. The molecule has 0 amide bonds. The van der Waals surface area contributed by atoms with Gasteiger partial charge >= 0.3 is 0 Å². The fourth-order valence-corrected chi connectivity index (χ4v) is 2.39. The van der Waals surface area contributed by atoms with Crippen molar-refractivity contribution in [1.82, 2.24) is 5.32 Å². The molecule has 0 heterocycles. The highest BCUT2D eigenvalue weighted by atomic mass is 16.5. The molecule has 0 aliphatic rings. The molecule has 0 spiro atoms. The summed E-state index contributed by atoms with van der Waals surface area (Å²) in [6.07, 6.45) is -0.566. The zero-order valence-corrected chi connectivity index (χ0v) is 12.6. The van der Waals surface area contributed by atoms with Gasteiger partial charge in [0.2, 0.25) is 0 Å². The van der Waals surface area contributed by atoms with Crippen molar-refractivity contribution in [2.45, 2.75) is 18.9 Å². The number of hydrogen-bond donors (Lipinski definition) is 2. The van der Waals surface area contributed by atoms with Gasteiger partial charge in [0.15, 0.2) is 0 Å². The SMILES string of the molecule is COc1ccccc1C(O)CNCC(C)c1ccccc1. The molecule has 2 aromatic rings. The van der Waals surface area contributed by atoms with Crippen LogP contribution in [0.1, 0.15) is 30.1 Å². The lowest BCUT2D eigenvalue weighted by Crippen LogP contribution is -2.25. The number of aliphatic hydroxyl groups excluding tert-OH is 1. The van der Waals surface area contributed by atoms with Gasteiger partial charge in [-0.2, -0.15) is 0 Å². The largest absolute Gasteiger partial charge is 0.496 e. The molecule has 2 N–H and O–H groups in total. The molecule has 0 aromatic heterocycles. The van der Waals surface area contributed by atoms with Crippen LogP contribution in [0.5, 0.6) is 5.75 Å². The first-order chi connectivity index (χ1) is 10.2. The molecular formula is C18H23NO2. The van der Waals surface area contributed by atoms with Gasteiger partial charge < -0.3 is 15.2 Å². The van der Waals surface area contributed by atoms with Gasteiger partial charge in [0, 0.05) is 18.7 Å². The zero-order valence-electron chi connectivity index (χ0n) is 12.6. The highest BCUT2D eigenvalue weighted by molar-refractivity contribution is 5.35. The lowest BCUT2D eigenvalue weighted by Gasteiger charge is -2.17. The predicted octanol–water partition coefficient (Wildman–Crippen LogP) is 3.12. The summed E-state index contributed by atoms with van der Waals surface area (Å²) in [7, 11) is 1.62. The first kappa shape index (κ1) is 15.5. The molecule has 2 atom stereocenters. The summed E-state index contributed by atoms with van der Waals surface area (Å²) in [5.41, 5.74) is 2.12. The Morgan fingerprint density at radius 2 is 1.67 bits per heavy atom. The Bertz CT molecular complexity index is 542. The molecule has 0 bridgehead atoms. The number of aliphatic hydroxyl groups is 1. The summed E-state index contributed by atoms with van der Waals surface area (Å²) < 4.78 is 5.28. The lowest BCUT2D eigenvalue weighted by molar-refractivity contribution is 0.170. The molecule has 0 radical (unpaired) electrons. The van der Waals surface area contributed by atoms with Crippen molar-refractivity contribution in [1.29, 1.82) is 0 Å². The van der Waals surface area contributed by atoms with Gasteiger partial charge in [-0.3, -0.25) is 0 Å². The fourth-order valence-electron chi connectivity index (χ4n) is 2.39. The minimum absolute atomic E-state index is 0.413. The first-order valence-corrected chi connectivity index (χ1v) is 7.29. The van der Waals surface area contributed by atoms with Crippen molar-refractivity contribution in [3.63, 3.8) is 0 Å². The van der Waals surface area contributed by atoms with E-state index in [4.69, 9.17) is 4.74 Å². The van der Waals surface area contributed by atoms with Crippen LogP contribution in [-0.2, 0) is 0 Å². The minimum atomic E-state index is -0.566. The van der Waals surface area contributed by atoms with E-state index in [0.717, 1.165) is 17.9 Å². The van der Waals surface area contributed by atoms with E-state index in [1.807, 2.05) is 30.3 Å². The van der Waals surface area contributed by atoms with Crippen LogP contribution < -0.4 is 10.1 Å². The van der Waals surface area contributed by atoms with E-state index in [0.29, 0.717) is 12.5 Å². The number of hydrogen-bond acceptors (Lipinski definition) is 3. The van der Waals surface area contributed by atoms with E-state index in [9.17, 15) is 5.11 Å². The van der Waals surface area contributed by atoms with Gasteiger partial charge in [-0.05, 0) is 17.5 Å². The quantitative estimate of drug-likeness (QED) is 0.821. The molecule has 0 aliphatic carbocycles. The molecule has 2 aromatic carbocycles. The van der Waals surface area contributed by atoms with E-state index >= 15 is 0 Å². The number of benzene rings is 2. The number of para-hydroxylation sites is 1. The third kappa shape index (κ3) is 4.31. The summed E-state index contributed by atoms with van der Waals surface area (Å²) in [5.74, 6) is 1.14. The Labute approximate surface area is 126 Å². The van der Waals surface area contributed by atoms with Crippen molar-refractivity contribution < 1.29 is 9.84 Å². The molecule has 3 heteroatoms. The van der Waals surface area contributed by atoms with Crippen molar-refractivity contribution in [2.75, 3.05) is 20.2 Å². The zero-order chi connectivity index (χ0) is 15.1. The van der Waals surface area contributed by atoms with Crippen LogP contribution in [0.2, 0.25) is 0 Å². The van der Waals surface area contributed by atoms with Crippen LogP contribution >= 0.6 is 0 Å². The third-order valence-electron chi connectivity index (χ3n) is 3.65. The van der Waals surface area contributed by atoms with Crippen molar-refractivity contribution in [3.05, 3.63) is 65.7 Å². The van der Waals surface area contributed by atoms with Crippen molar-refractivity contribution >= 4 is 0 Å². The van der Waals surface area contributed by atoms with Crippen LogP contribution in [0.3, 0.4) is 0 Å². The lowest BCUT2D eigenvalue weighted by atomic mass is 10.0. The van der Waals surface area contributed by atoms with E-state index in [1.165, 1.54) is 5.56 Å². The molecule has 0 aliphatic heterocycles. The number of nitrogens with one attached hydrogen (secondary N) is 1. The summed E-state index contributed by atoms with van der Waals surface area (Å²) in [6, 6.07) is 18.0. The second-order valence-corrected chi connectivity index (χ2v) is 5.23. The number of ether oxygens (including phenoxy) is 1. The standard InChI is InChI=1S/C18H23NO2/c1-14(15-8-4-3-5-9-15)12-19-13-17(20)16-10-6-7-11-18(16)21-2/h3-11,14,17,19-20H,12-13H2,1-2H3. The second kappa shape index (κ2) is 7.81. The summed E-state index contributed by atoms with van der Waals surface area (Å²) >= 11 is 0. The fraction of sp³-hybridized carbons (Fsp3) is 0.333. The maximum atomic E-state index is 10.3. The van der Waals surface area contributed by atoms with E-state index in [2.05, 4.69) is 36.5 Å². The minimum Gasteiger partial charge on any atom is -0.496 e. The summed E-state index contributed by atoms with van der Waals surface area (Å²) in [4.78, 5) is 0. The number of rotatable bonds is 7. The Kier molecular flexibility index (Phi) is 5.78. The molecule has 3 nitrogen and oxygen atoms in total. The van der Waals surface area contributed by atoms with Gasteiger partial charge in [-0.15, -0.1) is 0 Å². The Balaban J connectivity index is 1.86. The van der Waals surface area contributed by atoms with E-state index in [-0.39, 0.29) is 0 Å². The van der Waals surface area contributed by atoms with E-state index < -0.39 is 6.10 Å². The molecule has 0 saturated carbocycles. The maximum absolute atomic E-state index is 10.3. The van der Waals surface area contributed by atoms with Crippen LogP contribution in [0.15, 0.2) is 54.6 Å². The molecule has 0 saturated heterocycles. The van der Waals surface area contributed by atoms with Crippen LogP contribution in [0.4, 0.5) is 0 Å². The molecular weight excluding hydrogens is 262 g/mol. The van der Waals surface area contributed by atoms with Crippen molar-refractivity contribution in [3.8, 4) is 5.75 Å². The Hall–Kier alpha value is -1.84. The molecule has 112 valence electrons. The molecule has 21 heavy (non-hydrogen) atoms. The summed E-state index contributed by atoms with van der Waals surface area (Å²) in [5, 5.41) is 13.6. The molecule has 2 rings (SSSR count). The highest BCUT2D eigenvalue weighted by Crippen LogP contribution is 2.24. The van der Waals surface area contributed by atoms with Gasteiger partial charge in [0.25, 0.3) is 0 Å². The topological polar surface area (TPSA) is 41.5 Å². The maximum Gasteiger partial charge on any atom is 0.124 e. The third-order valence-corrected chi connectivity index (χ3v) is 3.65. The highest BCUT2D eigenvalue weighted by Gasteiger charge is 2.13. The predicted molar refractivity (Wildman–Crippen MR) is 85.7 cm³/mol. The van der Waals surface area contributed by atoms with Gasteiger partial charge in [-0.25, -0.2) is 0 Å². The summed E-state index contributed by atoms with van der Waals surface area (Å²) in [6.45, 7) is 3.52. The number of methoxy groups -OCH3 is 1. The van der Waals surface area contributed by atoms with Crippen LogP contribution in [0, 0.1) is 0 Å². The van der Waals surface area contributed by atoms with Crippen LogP contribution in [-0.4, -0.2) is 25.3 Å².